The fourth-order valence-electron chi connectivity index (χ4n) is 4.33. The number of aryl methyl sites for hydroxylation is 1. The molecule has 2 amide bonds. The van der Waals surface area contributed by atoms with Crippen LogP contribution in [0.4, 0.5) is 9.18 Å². The van der Waals surface area contributed by atoms with Crippen LogP contribution < -0.4 is 10.1 Å². The van der Waals surface area contributed by atoms with Crippen LogP contribution in [0.5, 0.6) is 5.75 Å². The lowest BCUT2D eigenvalue weighted by Gasteiger charge is -2.35. The van der Waals surface area contributed by atoms with E-state index in [0.717, 1.165) is 16.7 Å². The van der Waals surface area contributed by atoms with Crippen molar-refractivity contribution >= 4 is 11.6 Å². The molecule has 0 fully saturated rings. The number of halogens is 1. The van der Waals surface area contributed by atoms with Crippen molar-refractivity contribution in [2.45, 2.75) is 26.4 Å². The van der Waals surface area contributed by atoms with Crippen molar-refractivity contribution in [2.24, 2.45) is 0 Å². The third-order valence-electron chi connectivity index (χ3n) is 6.37. The second-order valence-corrected chi connectivity index (χ2v) is 8.60. The van der Waals surface area contributed by atoms with Crippen LogP contribution in [0.2, 0.25) is 0 Å². The second kappa shape index (κ2) is 9.65. The van der Waals surface area contributed by atoms with Gasteiger partial charge >= 0.3 is 6.03 Å². The van der Waals surface area contributed by atoms with Crippen molar-refractivity contribution in [3.8, 4) is 17.1 Å². The number of amides is 2. The van der Waals surface area contributed by atoms with Crippen molar-refractivity contribution in [2.75, 3.05) is 7.11 Å². The average molecular weight is 485 g/mol. The maximum Gasteiger partial charge on any atom is 0.322 e. The summed E-state index contributed by atoms with van der Waals surface area (Å²) < 4.78 is 24.8. The molecule has 1 aliphatic rings. The van der Waals surface area contributed by atoms with Gasteiger partial charge in [-0.05, 0) is 54.8 Å². The Hall–Kier alpha value is -4.46. The Kier molecular flexibility index (Phi) is 6.25. The third-order valence-corrected chi connectivity index (χ3v) is 6.37. The van der Waals surface area contributed by atoms with Crippen molar-refractivity contribution < 1.29 is 18.4 Å². The Morgan fingerprint density at radius 3 is 2.56 bits per heavy atom. The number of ether oxygens (including phenoxy) is 1. The van der Waals surface area contributed by atoms with Gasteiger partial charge in [-0.3, -0.25) is 4.90 Å². The SMILES string of the molecule is COc1ccc(C2NC(=O)N(Cc3ccccc3C)C(C)=C2c2nc(-c3cccc(F)c3)no2)cc1. The highest BCUT2D eigenvalue weighted by Crippen LogP contribution is 2.38. The highest BCUT2D eigenvalue weighted by atomic mass is 19.1. The first-order valence-corrected chi connectivity index (χ1v) is 11.5. The Bertz CT molecular complexity index is 1450. The smallest absolute Gasteiger partial charge is 0.322 e. The van der Waals surface area contributed by atoms with E-state index in [2.05, 4.69) is 15.5 Å². The van der Waals surface area contributed by atoms with Gasteiger partial charge < -0.3 is 14.6 Å². The molecule has 182 valence electrons. The highest BCUT2D eigenvalue weighted by molar-refractivity contribution is 5.87. The largest absolute Gasteiger partial charge is 0.497 e. The number of hydrogen-bond donors (Lipinski definition) is 1. The van der Waals surface area contributed by atoms with Crippen LogP contribution >= 0.6 is 0 Å². The molecule has 1 N–H and O–H groups in total. The molecule has 4 aromatic rings. The molecule has 8 heteroatoms. The van der Waals surface area contributed by atoms with E-state index >= 15 is 0 Å². The molecule has 0 radical (unpaired) electrons. The van der Waals surface area contributed by atoms with Gasteiger partial charge in [0.1, 0.15) is 11.6 Å². The van der Waals surface area contributed by atoms with E-state index in [4.69, 9.17) is 9.26 Å². The molecule has 1 atom stereocenters. The first kappa shape index (κ1) is 23.3. The number of benzene rings is 3. The molecule has 1 aromatic heterocycles. The third kappa shape index (κ3) is 4.45. The number of allylic oxidation sites excluding steroid dienone is 1. The number of carbonyl (C=O) groups excluding carboxylic acids is 1. The average Bonchev–Trinajstić information content (AvgIpc) is 3.37. The van der Waals surface area contributed by atoms with Gasteiger partial charge in [0.2, 0.25) is 5.82 Å². The zero-order valence-electron chi connectivity index (χ0n) is 20.2. The van der Waals surface area contributed by atoms with Crippen LogP contribution in [0.25, 0.3) is 17.0 Å². The van der Waals surface area contributed by atoms with Crippen LogP contribution in [0, 0.1) is 12.7 Å². The molecule has 0 bridgehead atoms. The summed E-state index contributed by atoms with van der Waals surface area (Å²) in [5.41, 5.74) is 4.81. The minimum atomic E-state index is -0.530. The van der Waals surface area contributed by atoms with E-state index < -0.39 is 6.04 Å². The lowest BCUT2D eigenvalue weighted by atomic mass is 9.94. The normalized spacial score (nSPS) is 15.7. The molecule has 0 aliphatic carbocycles. The highest BCUT2D eigenvalue weighted by Gasteiger charge is 2.36. The maximum absolute atomic E-state index is 13.8. The van der Waals surface area contributed by atoms with Gasteiger partial charge in [0, 0.05) is 11.3 Å². The molecule has 5 rings (SSSR count). The predicted molar refractivity (Wildman–Crippen MR) is 133 cm³/mol. The Labute approximate surface area is 208 Å². The molecular weight excluding hydrogens is 459 g/mol. The summed E-state index contributed by atoms with van der Waals surface area (Å²) in [4.78, 5) is 19.6. The maximum atomic E-state index is 13.8. The number of aromatic nitrogens is 2. The summed E-state index contributed by atoms with van der Waals surface area (Å²) in [6.45, 7) is 4.27. The fourth-order valence-corrected chi connectivity index (χ4v) is 4.33. The van der Waals surface area contributed by atoms with Crippen LogP contribution in [-0.4, -0.2) is 28.2 Å². The van der Waals surface area contributed by atoms with Crippen LogP contribution in [-0.2, 0) is 6.54 Å². The van der Waals surface area contributed by atoms with Crippen LogP contribution in [0.3, 0.4) is 0 Å². The summed E-state index contributed by atoms with van der Waals surface area (Å²) in [7, 11) is 1.60. The molecule has 36 heavy (non-hydrogen) atoms. The first-order chi connectivity index (χ1) is 17.4. The van der Waals surface area contributed by atoms with Gasteiger partial charge in [-0.15, -0.1) is 0 Å². The summed E-state index contributed by atoms with van der Waals surface area (Å²) in [6.07, 6.45) is 0. The van der Waals surface area contributed by atoms with Crippen molar-refractivity contribution in [1.82, 2.24) is 20.4 Å². The number of carbonyl (C=O) groups is 1. The topological polar surface area (TPSA) is 80.5 Å². The van der Waals surface area contributed by atoms with Gasteiger partial charge in [0.05, 0.1) is 25.3 Å². The number of rotatable bonds is 6. The van der Waals surface area contributed by atoms with Gasteiger partial charge in [0.15, 0.2) is 0 Å². The molecule has 0 spiro atoms. The van der Waals surface area contributed by atoms with E-state index in [9.17, 15) is 9.18 Å². The Morgan fingerprint density at radius 1 is 1.06 bits per heavy atom. The number of hydrogen-bond acceptors (Lipinski definition) is 5. The lowest BCUT2D eigenvalue weighted by molar-refractivity contribution is 0.203. The summed E-state index contributed by atoms with van der Waals surface area (Å²) in [5.74, 6) is 0.832. The molecule has 0 saturated carbocycles. The van der Waals surface area contributed by atoms with Gasteiger partial charge in [0.25, 0.3) is 5.89 Å². The van der Waals surface area contributed by atoms with E-state index in [0.29, 0.717) is 29.1 Å². The lowest BCUT2D eigenvalue weighted by Crippen LogP contribution is -2.45. The molecule has 0 saturated heterocycles. The summed E-state index contributed by atoms with van der Waals surface area (Å²) in [5, 5.41) is 7.19. The molecule has 7 nitrogen and oxygen atoms in total. The minimum absolute atomic E-state index is 0.231. The fraction of sp³-hybridized carbons (Fsp3) is 0.179. The van der Waals surface area contributed by atoms with Crippen molar-refractivity contribution in [1.29, 1.82) is 0 Å². The molecule has 2 heterocycles. The monoisotopic (exact) mass is 484 g/mol. The Morgan fingerprint density at radius 2 is 1.83 bits per heavy atom. The van der Waals surface area contributed by atoms with Gasteiger partial charge in [-0.1, -0.05) is 53.7 Å². The number of nitrogens with one attached hydrogen (secondary N) is 1. The van der Waals surface area contributed by atoms with Gasteiger partial charge in [-0.25, -0.2) is 9.18 Å². The van der Waals surface area contributed by atoms with Gasteiger partial charge in [-0.2, -0.15) is 4.98 Å². The van der Waals surface area contributed by atoms with Crippen LogP contribution in [0.15, 0.2) is 83.0 Å². The predicted octanol–water partition coefficient (Wildman–Crippen LogP) is 5.89. The number of nitrogens with zero attached hydrogens (tertiary/aromatic N) is 3. The molecular formula is C28H25FN4O3. The standard InChI is InChI=1S/C28H25FN4O3/c1-17-7-4-5-8-21(17)16-33-18(2)24(25(30-28(33)34)19-11-13-23(35-3)14-12-19)27-31-26(32-36-27)20-9-6-10-22(29)15-20/h4-15,25H,16H2,1-3H3,(H,30,34). The summed E-state index contributed by atoms with van der Waals surface area (Å²) >= 11 is 0. The quantitative estimate of drug-likeness (QED) is 0.369. The van der Waals surface area contributed by atoms with E-state index in [-0.39, 0.29) is 23.6 Å². The molecule has 3 aromatic carbocycles. The summed E-state index contributed by atoms with van der Waals surface area (Å²) in [6, 6.07) is 20.6. The van der Waals surface area contributed by atoms with E-state index in [1.807, 2.05) is 62.4 Å². The second-order valence-electron chi connectivity index (χ2n) is 8.60. The number of methoxy groups -OCH3 is 1. The van der Waals surface area contributed by atoms with Crippen LogP contribution in [0.1, 0.15) is 35.5 Å². The zero-order valence-corrected chi connectivity index (χ0v) is 20.2. The van der Waals surface area contributed by atoms with Crippen molar-refractivity contribution in [3.63, 3.8) is 0 Å². The molecule has 1 unspecified atom stereocenters. The minimum Gasteiger partial charge on any atom is -0.497 e. The first-order valence-electron chi connectivity index (χ1n) is 11.5. The zero-order chi connectivity index (χ0) is 25.2. The number of urea groups is 1. The Balaban J connectivity index is 1.60. The molecule has 1 aliphatic heterocycles. The van der Waals surface area contributed by atoms with Crippen molar-refractivity contribution in [3.05, 3.63) is 107 Å². The van der Waals surface area contributed by atoms with E-state index in [1.165, 1.54) is 12.1 Å². The van der Waals surface area contributed by atoms with E-state index in [1.54, 1.807) is 24.1 Å².